The number of aromatic nitrogens is 1. The maximum Gasteiger partial charge on any atom is 0.191 e. The summed E-state index contributed by atoms with van der Waals surface area (Å²) in [6.45, 7) is 6.76. The Morgan fingerprint density at radius 2 is 2.18 bits per heavy atom. The maximum atomic E-state index is 4.63. The van der Waals surface area contributed by atoms with Crippen LogP contribution in [0.5, 0.6) is 0 Å². The van der Waals surface area contributed by atoms with Crippen molar-refractivity contribution in [3.63, 3.8) is 0 Å². The molecule has 0 aromatic carbocycles. The topological polar surface area (TPSA) is 49.3 Å². The lowest BCUT2D eigenvalue weighted by molar-refractivity contribution is 0.777. The van der Waals surface area contributed by atoms with Crippen molar-refractivity contribution in [2.45, 2.75) is 33.1 Å². The molecule has 0 saturated carbocycles. The number of nitrogens with zero attached hydrogens (tertiary/aromatic N) is 2. The first kappa shape index (κ1) is 17.0. The first-order valence-corrected chi connectivity index (χ1v) is 9.49. The molecule has 2 aromatic rings. The highest BCUT2D eigenvalue weighted by atomic mass is 32.1. The summed E-state index contributed by atoms with van der Waals surface area (Å²) in [6.07, 6.45) is 3.09. The van der Waals surface area contributed by atoms with Crippen LogP contribution in [0, 0.1) is 6.92 Å². The number of aliphatic imine (C=N–C) groups is 1. The van der Waals surface area contributed by atoms with Crippen LogP contribution in [0.25, 0.3) is 0 Å². The third kappa shape index (κ3) is 6.15. The zero-order valence-corrected chi connectivity index (χ0v) is 14.9. The van der Waals surface area contributed by atoms with Gasteiger partial charge in [-0.1, -0.05) is 6.07 Å². The van der Waals surface area contributed by atoms with Crippen molar-refractivity contribution in [2.24, 2.45) is 4.99 Å². The smallest absolute Gasteiger partial charge is 0.191 e. The monoisotopic (exact) mass is 336 g/mol. The Bertz CT molecular complexity index is 560. The Labute approximate surface area is 140 Å². The molecule has 0 amide bonds. The first-order chi connectivity index (χ1) is 10.8. The van der Waals surface area contributed by atoms with Crippen molar-refractivity contribution in [3.05, 3.63) is 38.5 Å². The minimum Gasteiger partial charge on any atom is -0.357 e. The van der Waals surface area contributed by atoms with E-state index in [1.807, 2.05) is 6.92 Å². The van der Waals surface area contributed by atoms with Crippen molar-refractivity contribution in [1.82, 2.24) is 15.6 Å². The largest absolute Gasteiger partial charge is 0.357 e. The molecule has 2 N–H and O–H groups in total. The predicted octanol–water partition coefficient (Wildman–Crippen LogP) is 3.24. The fraction of sp³-hybridized carbons (Fsp3) is 0.500. The zero-order valence-electron chi connectivity index (χ0n) is 13.3. The molecular formula is C16H24N4S2. The number of aryl methyl sites for hydroxylation is 2. The van der Waals surface area contributed by atoms with Gasteiger partial charge in [-0.25, -0.2) is 4.98 Å². The lowest BCUT2D eigenvalue weighted by Crippen LogP contribution is -2.38. The van der Waals surface area contributed by atoms with E-state index in [4.69, 9.17) is 0 Å². The minimum atomic E-state index is 0.826. The lowest BCUT2D eigenvalue weighted by atomic mass is 10.3. The molecule has 4 nitrogen and oxygen atoms in total. The van der Waals surface area contributed by atoms with Crippen LogP contribution in [0.4, 0.5) is 0 Å². The molecule has 6 heteroatoms. The van der Waals surface area contributed by atoms with Gasteiger partial charge in [0.25, 0.3) is 0 Å². The van der Waals surface area contributed by atoms with Crippen molar-refractivity contribution < 1.29 is 0 Å². The minimum absolute atomic E-state index is 0.826. The van der Waals surface area contributed by atoms with Crippen LogP contribution in [0.3, 0.4) is 0 Å². The molecule has 0 atom stereocenters. The number of guanidine groups is 1. The van der Waals surface area contributed by atoms with Crippen LogP contribution in [-0.4, -0.2) is 30.6 Å². The second-order valence-electron chi connectivity index (χ2n) is 5.00. The van der Waals surface area contributed by atoms with E-state index in [-0.39, 0.29) is 0 Å². The molecule has 2 rings (SSSR count). The molecule has 0 radical (unpaired) electrons. The second kappa shape index (κ2) is 9.58. The van der Waals surface area contributed by atoms with E-state index in [1.165, 1.54) is 9.88 Å². The molecule has 0 aliphatic heterocycles. The summed E-state index contributed by atoms with van der Waals surface area (Å²) in [5.74, 6) is 0.911. The van der Waals surface area contributed by atoms with Crippen molar-refractivity contribution in [3.8, 4) is 0 Å². The summed E-state index contributed by atoms with van der Waals surface area (Å²) >= 11 is 3.54. The molecule has 0 fully saturated rings. The number of hydrogen-bond acceptors (Lipinski definition) is 4. The SMILES string of the molecule is CCNC(=NCCCc1nc(C)cs1)NCCc1cccs1. The maximum absolute atomic E-state index is 4.63. The summed E-state index contributed by atoms with van der Waals surface area (Å²) in [4.78, 5) is 10.5. The quantitative estimate of drug-likeness (QED) is 0.442. The van der Waals surface area contributed by atoms with Crippen molar-refractivity contribution in [1.29, 1.82) is 0 Å². The highest BCUT2D eigenvalue weighted by molar-refractivity contribution is 7.10. The average molecular weight is 337 g/mol. The Kier molecular flexibility index (Phi) is 7.39. The van der Waals surface area contributed by atoms with Gasteiger partial charge in [0.2, 0.25) is 0 Å². The number of hydrogen-bond donors (Lipinski definition) is 2. The van der Waals surface area contributed by atoms with E-state index in [9.17, 15) is 0 Å². The van der Waals surface area contributed by atoms with Crippen LogP contribution >= 0.6 is 22.7 Å². The predicted molar refractivity (Wildman–Crippen MR) is 97.2 cm³/mol. The van der Waals surface area contributed by atoms with E-state index in [1.54, 1.807) is 22.7 Å². The van der Waals surface area contributed by atoms with Gasteiger partial charge in [0.15, 0.2) is 5.96 Å². The van der Waals surface area contributed by atoms with Gasteiger partial charge in [0.05, 0.1) is 5.01 Å². The van der Waals surface area contributed by atoms with Crippen LogP contribution in [0.1, 0.15) is 28.9 Å². The van der Waals surface area contributed by atoms with Gasteiger partial charge in [0, 0.05) is 42.0 Å². The van der Waals surface area contributed by atoms with Crippen LogP contribution in [0.2, 0.25) is 0 Å². The third-order valence-electron chi connectivity index (χ3n) is 3.07. The molecule has 0 unspecified atom stereocenters. The summed E-state index contributed by atoms with van der Waals surface area (Å²) in [5, 5.41) is 12.1. The third-order valence-corrected chi connectivity index (χ3v) is 5.04. The van der Waals surface area contributed by atoms with Gasteiger partial charge in [-0.2, -0.15) is 0 Å². The average Bonchev–Trinajstić information content (AvgIpc) is 3.15. The number of thiazole rings is 1. The molecule has 0 aliphatic carbocycles. The molecule has 0 spiro atoms. The second-order valence-corrected chi connectivity index (χ2v) is 6.98. The Hall–Kier alpha value is -1.40. The summed E-state index contributed by atoms with van der Waals surface area (Å²) in [7, 11) is 0. The van der Waals surface area contributed by atoms with Crippen LogP contribution < -0.4 is 10.6 Å². The Balaban J connectivity index is 1.69. The van der Waals surface area contributed by atoms with Gasteiger partial charge in [-0.3, -0.25) is 4.99 Å². The molecule has 2 heterocycles. The molecule has 0 saturated heterocycles. The van der Waals surface area contributed by atoms with E-state index in [0.717, 1.165) is 50.6 Å². The van der Waals surface area contributed by atoms with E-state index >= 15 is 0 Å². The standard InChI is InChI=1S/C16H24N4S2/c1-3-17-16(19-10-8-14-6-5-11-21-14)18-9-4-7-15-20-13(2)12-22-15/h5-6,11-12H,3-4,7-10H2,1-2H3,(H2,17,18,19). The van der Waals surface area contributed by atoms with E-state index in [0.29, 0.717) is 0 Å². The molecule has 2 aromatic heterocycles. The highest BCUT2D eigenvalue weighted by Crippen LogP contribution is 2.10. The number of rotatable bonds is 8. The highest BCUT2D eigenvalue weighted by Gasteiger charge is 2.00. The first-order valence-electron chi connectivity index (χ1n) is 7.73. The molecule has 0 bridgehead atoms. The normalized spacial score (nSPS) is 11.6. The molecular weight excluding hydrogens is 312 g/mol. The zero-order chi connectivity index (χ0) is 15.6. The number of thiophene rings is 1. The van der Waals surface area contributed by atoms with Crippen molar-refractivity contribution in [2.75, 3.05) is 19.6 Å². The Morgan fingerprint density at radius 1 is 1.27 bits per heavy atom. The molecule has 120 valence electrons. The summed E-state index contributed by atoms with van der Waals surface area (Å²) in [5.41, 5.74) is 1.12. The fourth-order valence-electron chi connectivity index (χ4n) is 2.04. The van der Waals surface area contributed by atoms with Gasteiger partial charge < -0.3 is 10.6 Å². The Morgan fingerprint density at radius 3 is 2.86 bits per heavy atom. The lowest BCUT2D eigenvalue weighted by Gasteiger charge is -2.10. The van der Waals surface area contributed by atoms with Gasteiger partial charge >= 0.3 is 0 Å². The molecule has 0 aliphatic rings. The molecule has 22 heavy (non-hydrogen) atoms. The van der Waals surface area contributed by atoms with Gasteiger partial charge in [-0.05, 0) is 38.1 Å². The van der Waals surface area contributed by atoms with E-state index < -0.39 is 0 Å². The number of nitrogens with one attached hydrogen (secondary N) is 2. The van der Waals surface area contributed by atoms with Gasteiger partial charge in [0.1, 0.15) is 0 Å². The summed E-state index contributed by atoms with van der Waals surface area (Å²) in [6, 6.07) is 4.27. The van der Waals surface area contributed by atoms with Gasteiger partial charge in [-0.15, -0.1) is 22.7 Å². The van der Waals surface area contributed by atoms with Crippen molar-refractivity contribution >= 4 is 28.6 Å². The van der Waals surface area contributed by atoms with Crippen LogP contribution in [-0.2, 0) is 12.8 Å². The van der Waals surface area contributed by atoms with E-state index in [2.05, 4.69) is 50.4 Å². The van der Waals surface area contributed by atoms with Crippen LogP contribution in [0.15, 0.2) is 27.9 Å². The summed E-state index contributed by atoms with van der Waals surface area (Å²) < 4.78 is 0. The fourth-order valence-corrected chi connectivity index (χ4v) is 3.57.